The van der Waals surface area contributed by atoms with E-state index in [4.69, 9.17) is 0 Å². The van der Waals surface area contributed by atoms with Gasteiger partial charge in [-0.2, -0.15) is 5.26 Å². The normalized spacial score (nSPS) is 23.6. The van der Waals surface area contributed by atoms with E-state index in [1.165, 1.54) is 42.6 Å². The number of thioether (sulfide) groups is 1. The predicted molar refractivity (Wildman–Crippen MR) is 80.1 cm³/mol. The first-order chi connectivity index (χ1) is 9.17. The quantitative estimate of drug-likeness (QED) is 0.747. The minimum Gasteiger partial charge on any atom is -0.197 e. The second kappa shape index (κ2) is 4.87. The zero-order valence-electron chi connectivity index (χ0n) is 11.6. The monoisotopic (exact) mass is 271 g/mol. The van der Waals surface area contributed by atoms with E-state index in [1.807, 2.05) is 11.8 Å². The van der Waals surface area contributed by atoms with E-state index in [1.54, 1.807) is 0 Å². The summed E-state index contributed by atoms with van der Waals surface area (Å²) in [6, 6.07) is 11.1. The van der Waals surface area contributed by atoms with Crippen LogP contribution in [0.3, 0.4) is 0 Å². The molecule has 1 aromatic carbocycles. The van der Waals surface area contributed by atoms with Crippen LogP contribution in [0.5, 0.6) is 0 Å². The molecule has 2 heteroatoms. The lowest BCUT2D eigenvalue weighted by Gasteiger charge is -2.54. The Bertz CT molecular complexity index is 500. The maximum Gasteiger partial charge on any atom is 0.108 e. The number of rotatable bonds is 2. The van der Waals surface area contributed by atoms with Gasteiger partial charge in [0.15, 0.2) is 0 Å². The molecule has 2 aliphatic carbocycles. The van der Waals surface area contributed by atoms with Gasteiger partial charge in [-0.25, -0.2) is 0 Å². The summed E-state index contributed by atoms with van der Waals surface area (Å²) in [4.78, 5) is 1.29. The summed E-state index contributed by atoms with van der Waals surface area (Å²) in [5, 5.41) is 9.63. The Morgan fingerprint density at radius 2 is 1.79 bits per heavy atom. The number of nitrogens with zero attached hydrogens (tertiary/aromatic N) is 1. The van der Waals surface area contributed by atoms with Crippen molar-refractivity contribution in [3.63, 3.8) is 0 Å². The van der Waals surface area contributed by atoms with Gasteiger partial charge in [-0.1, -0.05) is 37.5 Å². The van der Waals surface area contributed by atoms with Crippen LogP contribution in [0.2, 0.25) is 0 Å². The van der Waals surface area contributed by atoms with Crippen molar-refractivity contribution in [3.05, 3.63) is 29.8 Å². The van der Waals surface area contributed by atoms with E-state index < -0.39 is 0 Å². The predicted octanol–water partition coefficient (Wildman–Crippen LogP) is 5.09. The minimum absolute atomic E-state index is 0.149. The van der Waals surface area contributed by atoms with Gasteiger partial charge in [0.1, 0.15) is 4.75 Å². The zero-order valence-corrected chi connectivity index (χ0v) is 12.4. The second-order valence-corrected chi connectivity index (χ2v) is 7.81. The number of hydrogen-bond donors (Lipinski definition) is 0. The number of aryl methyl sites for hydroxylation is 1. The van der Waals surface area contributed by atoms with Gasteiger partial charge in [0, 0.05) is 4.90 Å². The standard InChI is InChI=1S/C17H21NS/c1-14-7-3-4-8-15(14)19-17(13-18)11-16(12-17)9-5-2-6-10-16/h3-4,7-8H,2,5-6,9-12H2,1H3. The van der Waals surface area contributed by atoms with Crippen molar-refractivity contribution in [1.29, 1.82) is 5.26 Å². The molecule has 2 saturated carbocycles. The number of hydrogen-bond acceptors (Lipinski definition) is 2. The highest BCUT2D eigenvalue weighted by Crippen LogP contribution is 2.62. The van der Waals surface area contributed by atoms with Gasteiger partial charge in [-0.3, -0.25) is 0 Å². The Morgan fingerprint density at radius 3 is 2.42 bits per heavy atom. The molecule has 3 rings (SSSR count). The fraction of sp³-hybridized carbons (Fsp3) is 0.588. The topological polar surface area (TPSA) is 23.8 Å². The van der Waals surface area contributed by atoms with Gasteiger partial charge in [-0.15, -0.1) is 11.8 Å². The van der Waals surface area contributed by atoms with E-state index >= 15 is 0 Å². The number of nitriles is 1. The van der Waals surface area contributed by atoms with Gasteiger partial charge >= 0.3 is 0 Å². The molecule has 1 aromatic rings. The SMILES string of the molecule is Cc1ccccc1SC1(C#N)CC2(CCCCC2)C1. The second-order valence-electron chi connectivity index (χ2n) is 6.39. The van der Waals surface area contributed by atoms with Crippen LogP contribution >= 0.6 is 11.8 Å². The molecule has 19 heavy (non-hydrogen) atoms. The Kier molecular flexibility index (Phi) is 3.35. The highest BCUT2D eigenvalue weighted by atomic mass is 32.2. The van der Waals surface area contributed by atoms with Crippen LogP contribution < -0.4 is 0 Å². The van der Waals surface area contributed by atoms with Crippen molar-refractivity contribution in [1.82, 2.24) is 0 Å². The smallest absolute Gasteiger partial charge is 0.108 e. The van der Waals surface area contributed by atoms with Crippen molar-refractivity contribution in [3.8, 4) is 6.07 Å². The summed E-state index contributed by atoms with van der Waals surface area (Å²) in [6.45, 7) is 2.14. The molecule has 0 atom stereocenters. The van der Waals surface area contributed by atoms with Crippen LogP contribution in [-0.2, 0) is 0 Å². The van der Waals surface area contributed by atoms with E-state index in [0.717, 1.165) is 12.8 Å². The molecule has 0 heterocycles. The van der Waals surface area contributed by atoms with Crippen molar-refractivity contribution in [2.75, 3.05) is 0 Å². The third-order valence-electron chi connectivity index (χ3n) is 4.84. The third-order valence-corrected chi connectivity index (χ3v) is 6.29. The molecule has 2 fully saturated rings. The molecule has 0 radical (unpaired) electrons. The fourth-order valence-corrected chi connectivity index (χ4v) is 5.47. The molecule has 0 amide bonds. The summed E-state index contributed by atoms with van der Waals surface area (Å²) in [5.41, 5.74) is 1.82. The van der Waals surface area contributed by atoms with Crippen LogP contribution in [-0.4, -0.2) is 4.75 Å². The fourth-order valence-electron chi connectivity index (χ4n) is 3.87. The van der Waals surface area contributed by atoms with Crippen molar-refractivity contribution in [2.45, 2.75) is 61.5 Å². The van der Waals surface area contributed by atoms with E-state index in [-0.39, 0.29) is 4.75 Å². The molecule has 1 nitrogen and oxygen atoms in total. The first-order valence-corrected chi connectivity index (χ1v) is 8.15. The molecule has 0 N–H and O–H groups in total. The minimum atomic E-state index is -0.149. The van der Waals surface area contributed by atoms with Crippen molar-refractivity contribution >= 4 is 11.8 Å². The maximum absolute atomic E-state index is 9.63. The lowest BCUT2D eigenvalue weighted by molar-refractivity contribution is 0.0593. The zero-order chi connectivity index (χ0) is 13.3. The van der Waals surface area contributed by atoms with E-state index in [9.17, 15) is 5.26 Å². The van der Waals surface area contributed by atoms with Crippen LogP contribution in [0.4, 0.5) is 0 Å². The van der Waals surface area contributed by atoms with Crippen LogP contribution in [0.15, 0.2) is 29.2 Å². The molecule has 0 bridgehead atoms. The molecule has 0 unspecified atom stereocenters. The average molecular weight is 271 g/mol. The first kappa shape index (κ1) is 13.1. The Hall–Kier alpha value is -0.940. The largest absolute Gasteiger partial charge is 0.197 e. The highest BCUT2D eigenvalue weighted by Gasteiger charge is 2.55. The van der Waals surface area contributed by atoms with Crippen molar-refractivity contribution in [2.24, 2.45) is 5.41 Å². The summed E-state index contributed by atoms with van der Waals surface area (Å²) in [6.07, 6.45) is 9.06. The first-order valence-electron chi connectivity index (χ1n) is 7.33. The van der Waals surface area contributed by atoms with Crippen LogP contribution in [0, 0.1) is 23.7 Å². The van der Waals surface area contributed by atoms with Gasteiger partial charge < -0.3 is 0 Å². The van der Waals surface area contributed by atoms with Gasteiger partial charge in [0.05, 0.1) is 6.07 Å². The van der Waals surface area contributed by atoms with Crippen molar-refractivity contribution < 1.29 is 0 Å². The molecule has 0 aromatic heterocycles. The maximum atomic E-state index is 9.63. The molecule has 0 aliphatic heterocycles. The average Bonchev–Trinajstić information content (AvgIpc) is 2.40. The van der Waals surface area contributed by atoms with Gasteiger partial charge in [0.2, 0.25) is 0 Å². The lowest BCUT2D eigenvalue weighted by Crippen LogP contribution is -2.49. The number of benzene rings is 1. The summed E-state index contributed by atoms with van der Waals surface area (Å²) >= 11 is 1.81. The van der Waals surface area contributed by atoms with Gasteiger partial charge in [-0.05, 0) is 49.7 Å². The van der Waals surface area contributed by atoms with E-state index in [0.29, 0.717) is 5.41 Å². The van der Waals surface area contributed by atoms with E-state index in [2.05, 4.69) is 37.3 Å². The van der Waals surface area contributed by atoms with Crippen LogP contribution in [0.25, 0.3) is 0 Å². The summed E-state index contributed by atoms with van der Waals surface area (Å²) < 4.78 is -0.149. The Labute approximate surface area is 120 Å². The Balaban J connectivity index is 1.73. The molecule has 100 valence electrons. The Morgan fingerprint density at radius 1 is 1.11 bits per heavy atom. The molecular weight excluding hydrogens is 250 g/mol. The molecule has 1 spiro atoms. The molecular formula is C17H21NS. The summed E-state index contributed by atoms with van der Waals surface area (Å²) in [7, 11) is 0. The molecule has 0 saturated heterocycles. The third kappa shape index (κ3) is 2.41. The molecule has 2 aliphatic rings. The lowest BCUT2D eigenvalue weighted by atomic mass is 9.56. The van der Waals surface area contributed by atoms with Crippen LogP contribution in [0.1, 0.15) is 50.5 Å². The summed E-state index contributed by atoms with van der Waals surface area (Å²) in [5.74, 6) is 0. The van der Waals surface area contributed by atoms with Gasteiger partial charge in [0.25, 0.3) is 0 Å². The highest BCUT2D eigenvalue weighted by molar-refractivity contribution is 8.01.